The van der Waals surface area contributed by atoms with Gasteiger partial charge in [-0.3, -0.25) is 0 Å². The molecule has 2 nitrogen and oxygen atoms in total. The van der Waals surface area contributed by atoms with E-state index in [4.69, 9.17) is 9.97 Å². The van der Waals surface area contributed by atoms with Crippen molar-refractivity contribution in [1.82, 2.24) is 9.97 Å². The number of hydrogen-bond acceptors (Lipinski definition) is 2. The van der Waals surface area contributed by atoms with Crippen LogP contribution in [0.5, 0.6) is 0 Å². The van der Waals surface area contributed by atoms with Crippen molar-refractivity contribution in [1.29, 1.82) is 0 Å². The van der Waals surface area contributed by atoms with E-state index in [9.17, 15) is 0 Å². The number of para-hydroxylation sites is 1. The highest BCUT2D eigenvalue weighted by Crippen LogP contribution is 2.53. The fourth-order valence-electron chi connectivity index (χ4n) is 6.20. The Labute approximate surface area is 207 Å². The molecule has 1 heterocycles. The van der Waals surface area contributed by atoms with Crippen LogP contribution < -0.4 is 0 Å². The van der Waals surface area contributed by atoms with Gasteiger partial charge in [-0.05, 0) is 72.2 Å². The SMILES string of the molecule is CCC1(CC)c2ccccc2-c2cc(-c3nc(-c4c(C)cccc4C)c4ccccc4n3)ccc21. The molecule has 2 heteroatoms. The Bertz CT molecular complexity index is 1570. The van der Waals surface area contributed by atoms with Crippen LogP contribution in [-0.2, 0) is 5.41 Å². The van der Waals surface area contributed by atoms with Gasteiger partial charge in [0, 0.05) is 21.9 Å². The number of fused-ring (bicyclic) bond motifs is 4. The molecule has 4 aromatic carbocycles. The van der Waals surface area contributed by atoms with E-state index >= 15 is 0 Å². The van der Waals surface area contributed by atoms with Crippen LogP contribution in [0.15, 0.2) is 84.9 Å². The number of benzene rings is 4. The fraction of sp³-hybridized carbons (Fsp3) is 0.212. The zero-order valence-electron chi connectivity index (χ0n) is 20.9. The Morgan fingerprint density at radius 2 is 1.34 bits per heavy atom. The molecule has 0 radical (unpaired) electrons. The van der Waals surface area contributed by atoms with Crippen LogP contribution in [0.3, 0.4) is 0 Å². The highest BCUT2D eigenvalue weighted by atomic mass is 14.9. The molecular formula is C33H30N2. The molecule has 1 aromatic heterocycles. The highest BCUT2D eigenvalue weighted by molar-refractivity contribution is 5.95. The quantitative estimate of drug-likeness (QED) is 0.271. The number of aromatic nitrogens is 2. The molecule has 0 saturated carbocycles. The van der Waals surface area contributed by atoms with Crippen LogP contribution in [0, 0.1) is 13.8 Å². The topological polar surface area (TPSA) is 25.8 Å². The van der Waals surface area contributed by atoms with Crippen LogP contribution in [0.25, 0.3) is 44.7 Å². The van der Waals surface area contributed by atoms with Gasteiger partial charge in [-0.2, -0.15) is 0 Å². The lowest BCUT2D eigenvalue weighted by Crippen LogP contribution is -2.22. The van der Waals surface area contributed by atoms with Crippen LogP contribution in [-0.4, -0.2) is 9.97 Å². The van der Waals surface area contributed by atoms with Crippen molar-refractivity contribution in [2.45, 2.75) is 46.0 Å². The van der Waals surface area contributed by atoms with E-state index in [2.05, 4.69) is 113 Å². The molecule has 0 amide bonds. The molecule has 0 atom stereocenters. The number of aryl methyl sites for hydroxylation is 2. The molecular weight excluding hydrogens is 424 g/mol. The molecule has 0 saturated heterocycles. The minimum atomic E-state index is 0.0815. The van der Waals surface area contributed by atoms with Crippen molar-refractivity contribution in [2.24, 2.45) is 0 Å². The molecule has 1 aliphatic carbocycles. The first kappa shape index (κ1) is 21.7. The minimum absolute atomic E-state index is 0.0815. The Morgan fingerprint density at radius 1 is 0.657 bits per heavy atom. The van der Waals surface area contributed by atoms with Crippen LogP contribution in [0.1, 0.15) is 48.9 Å². The average molecular weight is 455 g/mol. The summed E-state index contributed by atoms with van der Waals surface area (Å²) in [7, 11) is 0. The molecule has 172 valence electrons. The van der Waals surface area contributed by atoms with E-state index in [1.807, 2.05) is 0 Å². The lowest BCUT2D eigenvalue weighted by molar-refractivity contribution is 0.490. The summed E-state index contributed by atoms with van der Waals surface area (Å²) in [6, 6.07) is 30.6. The van der Waals surface area contributed by atoms with E-state index in [0.717, 1.165) is 40.8 Å². The van der Waals surface area contributed by atoms with Crippen LogP contribution in [0.2, 0.25) is 0 Å². The van der Waals surface area contributed by atoms with Gasteiger partial charge in [-0.15, -0.1) is 0 Å². The summed E-state index contributed by atoms with van der Waals surface area (Å²) >= 11 is 0. The molecule has 0 aliphatic heterocycles. The van der Waals surface area contributed by atoms with Gasteiger partial charge < -0.3 is 0 Å². The zero-order chi connectivity index (χ0) is 24.2. The Kier molecular flexibility index (Phi) is 5.07. The predicted octanol–water partition coefficient (Wildman–Crippen LogP) is 8.67. The Morgan fingerprint density at radius 3 is 2.11 bits per heavy atom. The summed E-state index contributed by atoms with van der Waals surface area (Å²) in [6.07, 6.45) is 2.19. The van der Waals surface area contributed by atoms with Gasteiger partial charge in [0.1, 0.15) is 0 Å². The zero-order valence-corrected chi connectivity index (χ0v) is 20.9. The molecule has 0 fully saturated rings. The van der Waals surface area contributed by atoms with Crippen molar-refractivity contribution < 1.29 is 0 Å². The molecule has 0 unspecified atom stereocenters. The average Bonchev–Trinajstić information content (AvgIpc) is 3.18. The molecule has 35 heavy (non-hydrogen) atoms. The maximum atomic E-state index is 5.21. The predicted molar refractivity (Wildman–Crippen MR) is 147 cm³/mol. The summed E-state index contributed by atoms with van der Waals surface area (Å²) in [5, 5.41) is 1.09. The largest absolute Gasteiger partial charge is 0.228 e. The van der Waals surface area contributed by atoms with E-state index in [-0.39, 0.29) is 5.41 Å². The standard InChI is InChI=1S/C33H30N2/c1-5-33(6-2)27-16-9-7-14-24(27)26-20-23(18-19-28(26)33)32-34-29-17-10-8-15-25(29)31(35-32)30-21(3)12-11-13-22(30)4/h7-20H,5-6H2,1-4H3. The number of hydrogen-bond donors (Lipinski definition) is 0. The van der Waals surface area contributed by atoms with Gasteiger partial charge in [0.2, 0.25) is 0 Å². The highest BCUT2D eigenvalue weighted by Gasteiger charge is 2.40. The lowest BCUT2D eigenvalue weighted by atomic mass is 9.74. The van der Waals surface area contributed by atoms with Crippen molar-refractivity contribution in [3.8, 4) is 33.8 Å². The third-order valence-corrected chi connectivity index (χ3v) is 8.05. The molecule has 5 aromatic rings. The van der Waals surface area contributed by atoms with E-state index in [1.54, 1.807) is 0 Å². The molecule has 0 spiro atoms. The summed E-state index contributed by atoms with van der Waals surface area (Å²) in [6.45, 7) is 8.96. The van der Waals surface area contributed by atoms with Crippen molar-refractivity contribution in [3.63, 3.8) is 0 Å². The first-order chi connectivity index (χ1) is 17.1. The first-order valence-electron chi connectivity index (χ1n) is 12.7. The fourth-order valence-corrected chi connectivity index (χ4v) is 6.20. The third kappa shape index (κ3) is 3.16. The minimum Gasteiger partial charge on any atom is -0.228 e. The Balaban J connectivity index is 1.60. The first-order valence-corrected chi connectivity index (χ1v) is 12.7. The molecule has 6 rings (SSSR count). The van der Waals surface area contributed by atoms with Crippen molar-refractivity contribution >= 4 is 10.9 Å². The molecule has 1 aliphatic rings. The van der Waals surface area contributed by atoms with Crippen LogP contribution in [0.4, 0.5) is 0 Å². The van der Waals surface area contributed by atoms with Gasteiger partial charge in [0.05, 0.1) is 11.2 Å². The van der Waals surface area contributed by atoms with Gasteiger partial charge in [-0.1, -0.05) is 86.6 Å². The van der Waals surface area contributed by atoms with Gasteiger partial charge in [-0.25, -0.2) is 9.97 Å². The maximum absolute atomic E-state index is 5.21. The molecule has 0 N–H and O–H groups in total. The summed E-state index contributed by atoms with van der Waals surface area (Å²) in [5.41, 5.74) is 12.4. The lowest BCUT2D eigenvalue weighted by Gasteiger charge is -2.29. The summed E-state index contributed by atoms with van der Waals surface area (Å²) < 4.78 is 0. The monoisotopic (exact) mass is 454 g/mol. The number of rotatable bonds is 4. The van der Waals surface area contributed by atoms with Gasteiger partial charge >= 0.3 is 0 Å². The van der Waals surface area contributed by atoms with Crippen LogP contribution >= 0.6 is 0 Å². The smallest absolute Gasteiger partial charge is 0.160 e. The van der Waals surface area contributed by atoms with Gasteiger partial charge in [0.15, 0.2) is 5.82 Å². The second-order valence-electron chi connectivity index (χ2n) is 9.77. The second-order valence-corrected chi connectivity index (χ2v) is 9.77. The van der Waals surface area contributed by atoms with E-state index in [1.165, 1.54) is 38.9 Å². The van der Waals surface area contributed by atoms with Crippen molar-refractivity contribution in [2.75, 3.05) is 0 Å². The third-order valence-electron chi connectivity index (χ3n) is 8.05. The summed E-state index contributed by atoms with van der Waals surface area (Å²) in [4.78, 5) is 10.2. The number of nitrogens with zero attached hydrogens (tertiary/aromatic N) is 2. The van der Waals surface area contributed by atoms with E-state index in [0.29, 0.717) is 0 Å². The van der Waals surface area contributed by atoms with Crippen molar-refractivity contribution in [3.05, 3.63) is 107 Å². The maximum Gasteiger partial charge on any atom is 0.160 e. The molecule has 0 bridgehead atoms. The Hall–Kier alpha value is -3.78. The summed E-state index contributed by atoms with van der Waals surface area (Å²) in [5.74, 6) is 0.784. The normalized spacial score (nSPS) is 13.6. The van der Waals surface area contributed by atoms with E-state index < -0.39 is 0 Å². The second kappa shape index (κ2) is 8.16. The van der Waals surface area contributed by atoms with Gasteiger partial charge in [0.25, 0.3) is 0 Å².